The van der Waals surface area contributed by atoms with E-state index in [0.717, 1.165) is 23.1 Å². The minimum atomic E-state index is -0.570. The SMILES string of the molecule is CCn1ncc(Br)c1C(O)C(C)(CC)N(C)C. The van der Waals surface area contributed by atoms with Crippen LogP contribution in [0.4, 0.5) is 0 Å². The van der Waals surface area contributed by atoms with Gasteiger partial charge in [0.25, 0.3) is 0 Å². The van der Waals surface area contributed by atoms with Crippen LogP contribution >= 0.6 is 15.9 Å². The van der Waals surface area contributed by atoms with Gasteiger partial charge in [-0.2, -0.15) is 5.10 Å². The first kappa shape index (κ1) is 14.7. The summed E-state index contributed by atoms with van der Waals surface area (Å²) in [6.45, 7) is 6.93. The number of likely N-dealkylation sites (N-methyl/N-ethyl adjacent to an activating group) is 1. The lowest BCUT2D eigenvalue weighted by Gasteiger charge is -2.40. The molecule has 1 aromatic heterocycles. The topological polar surface area (TPSA) is 41.3 Å². The molecule has 0 saturated carbocycles. The first-order chi connectivity index (χ1) is 7.88. The van der Waals surface area contributed by atoms with Gasteiger partial charge in [-0.3, -0.25) is 4.68 Å². The van der Waals surface area contributed by atoms with Gasteiger partial charge in [0.05, 0.1) is 16.4 Å². The number of halogens is 1. The standard InChI is InChI=1S/C12H22BrN3O/c1-6-12(3,15(4)5)11(17)10-9(13)8-14-16(10)7-2/h8,11,17H,6-7H2,1-5H3. The van der Waals surface area contributed by atoms with Crippen LogP contribution < -0.4 is 0 Å². The van der Waals surface area contributed by atoms with Gasteiger partial charge in [0.1, 0.15) is 6.10 Å². The number of rotatable bonds is 5. The molecule has 0 fully saturated rings. The molecular formula is C12H22BrN3O. The van der Waals surface area contributed by atoms with E-state index >= 15 is 0 Å². The van der Waals surface area contributed by atoms with Gasteiger partial charge in [0.15, 0.2) is 0 Å². The Labute approximate surface area is 112 Å². The van der Waals surface area contributed by atoms with Gasteiger partial charge in [-0.1, -0.05) is 6.92 Å². The molecule has 2 atom stereocenters. The van der Waals surface area contributed by atoms with Crippen LogP contribution in [0.15, 0.2) is 10.7 Å². The van der Waals surface area contributed by atoms with E-state index in [-0.39, 0.29) is 5.54 Å². The fourth-order valence-electron chi connectivity index (χ4n) is 1.94. The molecule has 5 heteroatoms. The number of aliphatic hydroxyl groups excluding tert-OH is 1. The van der Waals surface area contributed by atoms with E-state index in [0.29, 0.717) is 0 Å². The minimum absolute atomic E-state index is 0.296. The predicted octanol–water partition coefficient (Wildman–Crippen LogP) is 2.43. The van der Waals surface area contributed by atoms with Crippen LogP contribution in [-0.2, 0) is 6.54 Å². The largest absolute Gasteiger partial charge is 0.385 e. The van der Waals surface area contributed by atoms with Crippen molar-refractivity contribution in [3.63, 3.8) is 0 Å². The van der Waals surface area contributed by atoms with Crippen molar-refractivity contribution in [2.45, 2.75) is 45.4 Å². The lowest BCUT2D eigenvalue weighted by Crippen LogP contribution is -2.46. The number of aromatic nitrogens is 2. The fourth-order valence-corrected chi connectivity index (χ4v) is 2.46. The van der Waals surface area contributed by atoms with Crippen LogP contribution in [-0.4, -0.2) is 39.4 Å². The van der Waals surface area contributed by atoms with Gasteiger partial charge < -0.3 is 10.0 Å². The molecule has 0 aliphatic rings. The lowest BCUT2D eigenvalue weighted by atomic mass is 9.88. The van der Waals surface area contributed by atoms with Crippen LogP contribution in [0.3, 0.4) is 0 Å². The van der Waals surface area contributed by atoms with Crippen molar-refractivity contribution in [1.82, 2.24) is 14.7 Å². The van der Waals surface area contributed by atoms with Gasteiger partial charge >= 0.3 is 0 Å². The summed E-state index contributed by atoms with van der Waals surface area (Å²) in [6, 6.07) is 0. The summed E-state index contributed by atoms with van der Waals surface area (Å²) in [6.07, 6.45) is 2.04. The average molecular weight is 304 g/mol. The highest BCUT2D eigenvalue weighted by Crippen LogP contribution is 2.35. The molecule has 98 valence electrons. The Bertz CT molecular complexity index is 378. The third-order valence-electron chi connectivity index (χ3n) is 3.72. The van der Waals surface area contributed by atoms with E-state index < -0.39 is 6.10 Å². The maximum atomic E-state index is 10.7. The molecule has 2 unspecified atom stereocenters. The lowest BCUT2D eigenvalue weighted by molar-refractivity contribution is -0.00480. The third kappa shape index (κ3) is 2.56. The van der Waals surface area contributed by atoms with Crippen molar-refractivity contribution in [3.05, 3.63) is 16.4 Å². The van der Waals surface area contributed by atoms with E-state index in [2.05, 4.69) is 39.8 Å². The highest BCUT2D eigenvalue weighted by atomic mass is 79.9. The molecule has 0 amide bonds. The Morgan fingerprint density at radius 1 is 1.53 bits per heavy atom. The summed E-state index contributed by atoms with van der Waals surface area (Å²) in [4.78, 5) is 2.07. The molecule has 1 N–H and O–H groups in total. The summed E-state index contributed by atoms with van der Waals surface area (Å²) < 4.78 is 2.71. The number of aliphatic hydroxyl groups is 1. The van der Waals surface area contributed by atoms with Crippen molar-refractivity contribution < 1.29 is 5.11 Å². The molecular weight excluding hydrogens is 282 g/mol. The second kappa shape index (κ2) is 5.50. The van der Waals surface area contributed by atoms with Gasteiger partial charge in [-0.05, 0) is 50.3 Å². The Kier molecular flexibility index (Phi) is 4.75. The average Bonchev–Trinajstić information content (AvgIpc) is 2.67. The van der Waals surface area contributed by atoms with E-state index in [1.54, 1.807) is 6.20 Å². The van der Waals surface area contributed by atoms with Gasteiger partial charge in [-0.25, -0.2) is 0 Å². The van der Waals surface area contributed by atoms with Crippen LogP contribution in [0.5, 0.6) is 0 Å². The Morgan fingerprint density at radius 2 is 2.12 bits per heavy atom. The molecule has 1 aromatic rings. The zero-order valence-corrected chi connectivity index (χ0v) is 12.8. The maximum absolute atomic E-state index is 10.7. The Hall–Kier alpha value is -0.390. The predicted molar refractivity (Wildman–Crippen MR) is 72.9 cm³/mol. The van der Waals surface area contributed by atoms with Crippen LogP contribution in [0.25, 0.3) is 0 Å². The molecule has 17 heavy (non-hydrogen) atoms. The molecule has 1 rings (SSSR count). The maximum Gasteiger partial charge on any atom is 0.115 e. The number of nitrogens with zero attached hydrogens (tertiary/aromatic N) is 3. The summed E-state index contributed by atoms with van der Waals surface area (Å²) in [7, 11) is 3.99. The van der Waals surface area contributed by atoms with Crippen molar-refractivity contribution >= 4 is 15.9 Å². The fraction of sp³-hybridized carbons (Fsp3) is 0.750. The number of aryl methyl sites for hydroxylation is 1. The highest BCUT2D eigenvalue weighted by molar-refractivity contribution is 9.10. The molecule has 0 bridgehead atoms. The van der Waals surface area contributed by atoms with E-state index in [9.17, 15) is 5.11 Å². The molecule has 0 aromatic carbocycles. The molecule has 0 saturated heterocycles. The first-order valence-electron chi connectivity index (χ1n) is 5.95. The summed E-state index contributed by atoms with van der Waals surface area (Å²) in [5, 5.41) is 14.9. The quantitative estimate of drug-likeness (QED) is 0.908. The third-order valence-corrected chi connectivity index (χ3v) is 4.33. The Morgan fingerprint density at radius 3 is 2.53 bits per heavy atom. The highest BCUT2D eigenvalue weighted by Gasteiger charge is 2.37. The minimum Gasteiger partial charge on any atom is -0.385 e. The van der Waals surface area contributed by atoms with Crippen molar-refractivity contribution in [3.8, 4) is 0 Å². The summed E-state index contributed by atoms with van der Waals surface area (Å²) >= 11 is 3.47. The molecule has 0 spiro atoms. The first-order valence-corrected chi connectivity index (χ1v) is 6.74. The van der Waals surface area contributed by atoms with Crippen LogP contribution in [0, 0.1) is 0 Å². The summed E-state index contributed by atoms with van der Waals surface area (Å²) in [5.74, 6) is 0. The van der Waals surface area contributed by atoms with Crippen LogP contribution in [0.2, 0.25) is 0 Å². The molecule has 0 aliphatic carbocycles. The van der Waals surface area contributed by atoms with Gasteiger partial charge in [0, 0.05) is 12.1 Å². The smallest absolute Gasteiger partial charge is 0.115 e. The monoisotopic (exact) mass is 303 g/mol. The number of hydrogen-bond donors (Lipinski definition) is 1. The number of hydrogen-bond acceptors (Lipinski definition) is 3. The Balaban J connectivity index is 3.18. The van der Waals surface area contributed by atoms with E-state index in [1.807, 2.05) is 25.7 Å². The van der Waals surface area contributed by atoms with Crippen LogP contribution in [0.1, 0.15) is 39.0 Å². The van der Waals surface area contributed by atoms with Crippen molar-refractivity contribution in [2.24, 2.45) is 0 Å². The molecule has 1 heterocycles. The zero-order valence-electron chi connectivity index (χ0n) is 11.2. The zero-order chi connectivity index (χ0) is 13.2. The molecule has 4 nitrogen and oxygen atoms in total. The van der Waals surface area contributed by atoms with Crippen molar-refractivity contribution in [1.29, 1.82) is 0 Å². The normalized spacial score (nSPS) is 17.2. The van der Waals surface area contributed by atoms with E-state index in [4.69, 9.17) is 0 Å². The van der Waals surface area contributed by atoms with Gasteiger partial charge in [-0.15, -0.1) is 0 Å². The second-order valence-corrected chi connectivity index (χ2v) is 5.56. The second-order valence-electron chi connectivity index (χ2n) is 4.70. The van der Waals surface area contributed by atoms with Crippen molar-refractivity contribution in [2.75, 3.05) is 14.1 Å². The molecule has 0 radical (unpaired) electrons. The summed E-state index contributed by atoms with van der Waals surface area (Å²) in [5.41, 5.74) is 0.556. The molecule has 0 aliphatic heterocycles. The van der Waals surface area contributed by atoms with E-state index in [1.165, 1.54) is 0 Å². The van der Waals surface area contributed by atoms with Gasteiger partial charge in [0.2, 0.25) is 0 Å².